The number of nitrogens with zero attached hydrogens (tertiary/aromatic N) is 1. The van der Waals surface area contributed by atoms with Crippen LogP contribution in [0.25, 0.3) is 0 Å². The van der Waals surface area contributed by atoms with Crippen molar-refractivity contribution in [2.24, 2.45) is 0 Å². The average Bonchev–Trinajstić information content (AvgIpc) is 2.64. The van der Waals surface area contributed by atoms with E-state index in [-0.39, 0.29) is 17.5 Å². The summed E-state index contributed by atoms with van der Waals surface area (Å²) >= 11 is 12.0. The summed E-state index contributed by atoms with van der Waals surface area (Å²) in [6.07, 6.45) is 3.34. The molecule has 2 aliphatic heterocycles. The van der Waals surface area contributed by atoms with E-state index in [9.17, 15) is 8.42 Å². The second-order valence-electron chi connectivity index (χ2n) is 5.24. The predicted molar refractivity (Wildman–Crippen MR) is 76.2 cm³/mol. The van der Waals surface area contributed by atoms with Gasteiger partial charge in [0.05, 0.1) is 4.90 Å². The number of fused-ring (bicyclic) bond motifs is 2. The molecule has 2 aliphatic rings. The molecule has 104 valence electrons. The summed E-state index contributed by atoms with van der Waals surface area (Å²) in [4.78, 5) is 0.321. The lowest BCUT2D eigenvalue weighted by Gasteiger charge is -2.35. The Hall–Kier alpha value is -0.290. The molecule has 2 heterocycles. The predicted octanol–water partition coefficient (Wildman–Crippen LogP) is 3.26. The Morgan fingerprint density at radius 1 is 1.05 bits per heavy atom. The van der Waals surface area contributed by atoms with Crippen LogP contribution in [0.5, 0.6) is 0 Å². The molecular weight excluding hydrogens is 305 g/mol. The van der Waals surface area contributed by atoms with Gasteiger partial charge in [0, 0.05) is 22.5 Å². The maximum Gasteiger partial charge on any atom is 0.243 e. The molecule has 2 bridgehead atoms. The Labute approximate surface area is 123 Å². The van der Waals surface area contributed by atoms with E-state index in [1.807, 2.05) is 0 Å². The molecule has 2 fully saturated rings. The molecule has 3 nitrogen and oxygen atoms in total. The van der Waals surface area contributed by atoms with Gasteiger partial charge in [0.15, 0.2) is 0 Å². The van der Waals surface area contributed by atoms with Gasteiger partial charge in [-0.1, -0.05) is 11.6 Å². The molecule has 6 heteroatoms. The first-order valence-corrected chi connectivity index (χ1v) is 8.67. The molecule has 3 rings (SSSR count). The van der Waals surface area contributed by atoms with Crippen molar-refractivity contribution in [3.8, 4) is 0 Å². The Morgan fingerprint density at radius 3 is 2.11 bits per heavy atom. The van der Waals surface area contributed by atoms with E-state index in [2.05, 4.69) is 0 Å². The molecule has 1 aromatic rings. The molecule has 0 amide bonds. The van der Waals surface area contributed by atoms with Crippen molar-refractivity contribution in [1.82, 2.24) is 4.31 Å². The fourth-order valence-corrected chi connectivity index (χ4v) is 5.62. The van der Waals surface area contributed by atoms with Crippen molar-refractivity contribution in [2.75, 3.05) is 0 Å². The molecule has 0 saturated carbocycles. The van der Waals surface area contributed by atoms with E-state index >= 15 is 0 Å². The summed E-state index contributed by atoms with van der Waals surface area (Å²) in [6, 6.07) is 6.49. The van der Waals surface area contributed by atoms with Gasteiger partial charge in [-0.05, 0) is 49.9 Å². The Morgan fingerprint density at radius 2 is 1.58 bits per heavy atom. The second-order valence-corrected chi connectivity index (χ2v) is 8.14. The summed E-state index contributed by atoms with van der Waals surface area (Å²) < 4.78 is 27.1. The molecule has 2 saturated heterocycles. The van der Waals surface area contributed by atoms with Crippen LogP contribution < -0.4 is 0 Å². The van der Waals surface area contributed by atoms with E-state index in [0.29, 0.717) is 9.92 Å². The molecule has 1 aromatic carbocycles. The first-order valence-electron chi connectivity index (χ1n) is 6.41. The van der Waals surface area contributed by atoms with Crippen LogP contribution in [0.3, 0.4) is 0 Å². The minimum atomic E-state index is -3.42. The number of alkyl halides is 1. The maximum absolute atomic E-state index is 12.7. The summed E-state index contributed by atoms with van der Waals surface area (Å²) in [5.41, 5.74) is 0. The first kappa shape index (κ1) is 13.7. The van der Waals surface area contributed by atoms with Gasteiger partial charge in [-0.2, -0.15) is 4.31 Å². The Kier molecular flexibility index (Phi) is 3.54. The zero-order valence-electron chi connectivity index (χ0n) is 10.3. The van der Waals surface area contributed by atoms with Crippen molar-refractivity contribution in [3.05, 3.63) is 29.3 Å². The number of halogens is 2. The van der Waals surface area contributed by atoms with Gasteiger partial charge in [0.2, 0.25) is 10.0 Å². The monoisotopic (exact) mass is 319 g/mol. The van der Waals surface area contributed by atoms with E-state index in [0.717, 1.165) is 25.7 Å². The largest absolute Gasteiger partial charge is 0.243 e. The number of rotatable bonds is 2. The third kappa shape index (κ3) is 2.40. The molecule has 2 unspecified atom stereocenters. The Bertz CT molecular complexity index is 559. The number of sulfonamides is 1. The fourth-order valence-electron chi connectivity index (χ4n) is 3.19. The van der Waals surface area contributed by atoms with Crippen LogP contribution in [0.15, 0.2) is 29.2 Å². The topological polar surface area (TPSA) is 37.4 Å². The highest BCUT2D eigenvalue weighted by Crippen LogP contribution is 2.41. The van der Waals surface area contributed by atoms with Crippen molar-refractivity contribution < 1.29 is 8.42 Å². The molecular formula is C13H15Cl2NO2S. The van der Waals surface area contributed by atoms with Gasteiger partial charge < -0.3 is 0 Å². The maximum atomic E-state index is 12.7. The second kappa shape index (κ2) is 4.92. The molecule has 0 radical (unpaired) electrons. The van der Waals surface area contributed by atoms with Crippen LogP contribution in [0, 0.1) is 0 Å². The van der Waals surface area contributed by atoms with Crippen molar-refractivity contribution in [3.63, 3.8) is 0 Å². The first-order chi connectivity index (χ1) is 8.98. The smallest absolute Gasteiger partial charge is 0.207 e. The highest BCUT2D eigenvalue weighted by atomic mass is 35.5. The van der Waals surface area contributed by atoms with Gasteiger partial charge in [-0.15, -0.1) is 11.6 Å². The zero-order valence-corrected chi connectivity index (χ0v) is 12.6. The van der Waals surface area contributed by atoms with E-state index in [4.69, 9.17) is 23.2 Å². The summed E-state index contributed by atoms with van der Waals surface area (Å²) in [5, 5.41) is 0.649. The summed E-state index contributed by atoms with van der Waals surface area (Å²) in [7, 11) is -3.42. The number of hydrogen-bond donors (Lipinski definition) is 0. The van der Waals surface area contributed by atoms with Gasteiger partial charge in [-0.25, -0.2) is 8.42 Å². The third-order valence-corrected chi connectivity index (χ3v) is 6.63. The number of benzene rings is 1. The van der Waals surface area contributed by atoms with Crippen molar-refractivity contribution >= 4 is 33.2 Å². The molecule has 0 spiro atoms. The zero-order chi connectivity index (χ0) is 13.6. The fraction of sp³-hybridized carbons (Fsp3) is 0.538. The molecule has 0 aromatic heterocycles. The quantitative estimate of drug-likeness (QED) is 0.784. The van der Waals surface area contributed by atoms with Crippen LogP contribution in [0.2, 0.25) is 5.02 Å². The lowest BCUT2D eigenvalue weighted by molar-refractivity contribution is 0.251. The van der Waals surface area contributed by atoms with Gasteiger partial charge >= 0.3 is 0 Å². The van der Waals surface area contributed by atoms with Crippen molar-refractivity contribution in [2.45, 2.75) is 48.0 Å². The number of hydrogen-bond acceptors (Lipinski definition) is 2. The summed E-state index contributed by atoms with van der Waals surface area (Å²) in [5.74, 6) is 0. The SMILES string of the molecule is O=S(=O)(c1ccc(Cl)cc1)N1C2CCC1CC(Cl)C2. The lowest BCUT2D eigenvalue weighted by Crippen LogP contribution is -2.46. The van der Waals surface area contributed by atoms with E-state index < -0.39 is 10.0 Å². The van der Waals surface area contributed by atoms with E-state index in [1.54, 1.807) is 28.6 Å². The van der Waals surface area contributed by atoms with Gasteiger partial charge in [0.1, 0.15) is 0 Å². The summed E-state index contributed by atoms with van der Waals surface area (Å²) in [6.45, 7) is 0. The Balaban J connectivity index is 1.95. The highest BCUT2D eigenvalue weighted by Gasteiger charge is 2.46. The third-order valence-electron chi connectivity index (χ3n) is 4.00. The molecule has 19 heavy (non-hydrogen) atoms. The van der Waals surface area contributed by atoms with Gasteiger partial charge in [0.25, 0.3) is 0 Å². The van der Waals surface area contributed by atoms with Crippen LogP contribution in [0.4, 0.5) is 0 Å². The van der Waals surface area contributed by atoms with Crippen LogP contribution in [0.1, 0.15) is 25.7 Å². The number of piperidine rings is 1. The van der Waals surface area contributed by atoms with Crippen LogP contribution in [-0.2, 0) is 10.0 Å². The normalized spacial score (nSPS) is 31.6. The average molecular weight is 320 g/mol. The lowest BCUT2D eigenvalue weighted by atomic mass is 10.1. The van der Waals surface area contributed by atoms with Crippen molar-refractivity contribution in [1.29, 1.82) is 0 Å². The van der Waals surface area contributed by atoms with Crippen LogP contribution in [-0.4, -0.2) is 30.2 Å². The minimum absolute atomic E-state index is 0.0573. The van der Waals surface area contributed by atoms with Crippen LogP contribution >= 0.6 is 23.2 Å². The van der Waals surface area contributed by atoms with Gasteiger partial charge in [-0.3, -0.25) is 0 Å². The molecule has 2 atom stereocenters. The molecule has 0 aliphatic carbocycles. The van der Waals surface area contributed by atoms with E-state index in [1.165, 1.54) is 0 Å². The standard InChI is InChI=1S/C13H15Cl2NO2S/c14-9-1-5-13(6-2-9)19(17,18)16-11-3-4-12(16)8-10(15)7-11/h1-2,5-6,10-12H,3-4,7-8H2. The minimum Gasteiger partial charge on any atom is -0.207 e. The molecule has 0 N–H and O–H groups in total. The highest BCUT2D eigenvalue weighted by molar-refractivity contribution is 7.89.